The Hall–Kier alpha value is -2.71. The van der Waals surface area contributed by atoms with E-state index in [-0.39, 0.29) is 18.4 Å². The van der Waals surface area contributed by atoms with E-state index in [2.05, 4.69) is 26.2 Å². The molecule has 1 aromatic heterocycles. The maximum atomic E-state index is 12.8. The summed E-state index contributed by atoms with van der Waals surface area (Å²) in [4.78, 5) is 31.2. The van der Waals surface area contributed by atoms with Crippen LogP contribution in [0.15, 0.2) is 57.8 Å². The molecule has 2 amide bonds. The number of fused-ring (bicyclic) bond motifs is 1. The quantitative estimate of drug-likeness (QED) is 0.632. The van der Waals surface area contributed by atoms with Gasteiger partial charge in [0, 0.05) is 21.1 Å². The summed E-state index contributed by atoms with van der Waals surface area (Å²) in [6.07, 6.45) is 0. The van der Waals surface area contributed by atoms with E-state index in [1.54, 1.807) is 24.6 Å². The summed E-state index contributed by atoms with van der Waals surface area (Å²) in [6, 6.07) is 12.1. The van der Waals surface area contributed by atoms with Crippen LogP contribution in [0.4, 0.5) is 11.4 Å². The maximum Gasteiger partial charge on any atom is 0.265 e. The predicted molar refractivity (Wildman–Crippen MR) is 113 cm³/mol. The molecule has 0 spiro atoms. The number of carbonyl (C=O) groups is 2. The minimum absolute atomic E-state index is 0.0983. The maximum absolute atomic E-state index is 12.8. The van der Waals surface area contributed by atoms with E-state index in [4.69, 9.17) is 4.74 Å². The lowest BCUT2D eigenvalue weighted by molar-refractivity contribution is -0.125. The van der Waals surface area contributed by atoms with Gasteiger partial charge in [-0.1, -0.05) is 15.9 Å². The third kappa shape index (κ3) is 3.65. The van der Waals surface area contributed by atoms with Crippen LogP contribution < -0.4 is 15.0 Å². The Balaban J connectivity index is 1.63. The van der Waals surface area contributed by atoms with Crippen molar-refractivity contribution in [3.05, 3.63) is 57.8 Å². The molecule has 28 heavy (non-hydrogen) atoms. The first-order valence-electron chi connectivity index (χ1n) is 8.57. The summed E-state index contributed by atoms with van der Waals surface area (Å²) in [5.41, 5.74) is 4.67. The lowest BCUT2D eigenvalue weighted by atomic mass is 10.1. The first-order valence-corrected chi connectivity index (χ1v) is 10.3. The fourth-order valence-electron chi connectivity index (χ4n) is 3.01. The molecule has 0 saturated heterocycles. The van der Waals surface area contributed by atoms with Gasteiger partial charge < -0.3 is 10.1 Å². The van der Waals surface area contributed by atoms with E-state index in [0.717, 1.165) is 15.7 Å². The van der Waals surface area contributed by atoms with Crippen LogP contribution in [-0.4, -0.2) is 29.4 Å². The molecular formula is C20H16BrN3O3S. The Labute approximate surface area is 174 Å². The fraction of sp³-hybridized carbons (Fsp3) is 0.150. The van der Waals surface area contributed by atoms with E-state index >= 15 is 0 Å². The largest absolute Gasteiger partial charge is 0.482 e. The lowest BCUT2D eigenvalue weighted by Gasteiger charge is -2.33. The van der Waals surface area contributed by atoms with Crippen LogP contribution in [0.3, 0.4) is 0 Å². The SMILES string of the molecule is CC(C(=O)Nc1ccc(Br)cc1)N1C(=O)COc2ccc(-c3cscn3)cc21. The number of ether oxygens (including phenoxy) is 1. The minimum atomic E-state index is -0.704. The van der Waals surface area contributed by atoms with E-state index < -0.39 is 6.04 Å². The number of benzene rings is 2. The summed E-state index contributed by atoms with van der Waals surface area (Å²) >= 11 is 4.86. The zero-order chi connectivity index (χ0) is 19.7. The average molecular weight is 458 g/mol. The van der Waals surface area contributed by atoms with Gasteiger partial charge in [-0.2, -0.15) is 0 Å². The number of amides is 2. The number of thiazole rings is 1. The molecule has 142 valence electrons. The number of hydrogen-bond donors (Lipinski definition) is 1. The summed E-state index contributed by atoms with van der Waals surface area (Å²) < 4.78 is 6.48. The lowest BCUT2D eigenvalue weighted by Crippen LogP contribution is -2.49. The fourth-order valence-corrected chi connectivity index (χ4v) is 3.83. The van der Waals surface area contributed by atoms with Crippen molar-refractivity contribution in [2.24, 2.45) is 0 Å². The van der Waals surface area contributed by atoms with E-state index in [1.807, 2.05) is 35.7 Å². The average Bonchev–Trinajstić information content (AvgIpc) is 3.23. The molecule has 1 unspecified atom stereocenters. The number of nitrogens with one attached hydrogen (secondary N) is 1. The second-order valence-electron chi connectivity index (χ2n) is 6.28. The Morgan fingerprint density at radius 2 is 2.07 bits per heavy atom. The molecule has 3 aromatic rings. The van der Waals surface area contributed by atoms with Crippen LogP contribution in [0.2, 0.25) is 0 Å². The van der Waals surface area contributed by atoms with Crippen LogP contribution in [0, 0.1) is 0 Å². The van der Waals surface area contributed by atoms with Crippen molar-refractivity contribution in [2.45, 2.75) is 13.0 Å². The van der Waals surface area contributed by atoms with Gasteiger partial charge in [-0.25, -0.2) is 4.98 Å². The molecule has 0 bridgehead atoms. The third-order valence-electron chi connectivity index (χ3n) is 4.44. The smallest absolute Gasteiger partial charge is 0.265 e. The normalized spacial score (nSPS) is 14.2. The van der Waals surface area contributed by atoms with Crippen LogP contribution in [0.5, 0.6) is 5.75 Å². The molecule has 0 radical (unpaired) electrons. The van der Waals surface area contributed by atoms with Crippen molar-refractivity contribution >= 4 is 50.5 Å². The number of anilines is 2. The Morgan fingerprint density at radius 1 is 1.29 bits per heavy atom. The number of hydrogen-bond acceptors (Lipinski definition) is 5. The second-order valence-corrected chi connectivity index (χ2v) is 7.92. The highest BCUT2D eigenvalue weighted by molar-refractivity contribution is 9.10. The molecule has 2 aromatic carbocycles. The Bertz CT molecular complexity index is 1020. The standard InChI is InChI=1S/C20H16BrN3O3S/c1-12(20(26)23-15-5-3-14(21)4-6-15)24-17-8-13(16-10-28-11-22-16)2-7-18(17)27-9-19(24)25/h2-8,10-12H,9H2,1H3,(H,23,26). The van der Waals surface area contributed by atoms with Gasteiger partial charge in [-0.3, -0.25) is 14.5 Å². The molecule has 1 aliphatic heterocycles. The summed E-state index contributed by atoms with van der Waals surface area (Å²) in [7, 11) is 0. The van der Waals surface area contributed by atoms with E-state index in [1.165, 1.54) is 16.2 Å². The van der Waals surface area contributed by atoms with Gasteiger partial charge in [0.1, 0.15) is 11.8 Å². The third-order valence-corrected chi connectivity index (χ3v) is 5.56. The van der Waals surface area contributed by atoms with Gasteiger partial charge in [-0.15, -0.1) is 11.3 Å². The van der Waals surface area contributed by atoms with E-state index in [0.29, 0.717) is 17.1 Å². The minimum Gasteiger partial charge on any atom is -0.482 e. The van der Waals surface area contributed by atoms with Crippen molar-refractivity contribution in [3.8, 4) is 17.0 Å². The van der Waals surface area contributed by atoms with Gasteiger partial charge >= 0.3 is 0 Å². The van der Waals surface area contributed by atoms with Crippen molar-refractivity contribution in [3.63, 3.8) is 0 Å². The molecule has 1 N–H and O–H groups in total. The van der Waals surface area contributed by atoms with Gasteiger partial charge in [0.2, 0.25) is 5.91 Å². The molecular weight excluding hydrogens is 442 g/mol. The molecule has 1 atom stereocenters. The second kappa shape index (κ2) is 7.73. The van der Waals surface area contributed by atoms with Crippen LogP contribution >= 0.6 is 27.3 Å². The number of aromatic nitrogens is 1. The predicted octanol–water partition coefficient (Wildman–Crippen LogP) is 4.33. The van der Waals surface area contributed by atoms with Crippen LogP contribution in [-0.2, 0) is 9.59 Å². The molecule has 0 saturated carbocycles. The van der Waals surface area contributed by atoms with Crippen LogP contribution in [0.1, 0.15) is 6.92 Å². The van der Waals surface area contributed by atoms with Crippen molar-refractivity contribution in [1.82, 2.24) is 4.98 Å². The number of carbonyl (C=O) groups excluding carboxylic acids is 2. The molecule has 0 aliphatic carbocycles. The topological polar surface area (TPSA) is 71.5 Å². The van der Waals surface area contributed by atoms with Gasteiger partial charge in [-0.05, 0) is 49.4 Å². The molecule has 6 nitrogen and oxygen atoms in total. The highest BCUT2D eigenvalue weighted by Gasteiger charge is 2.33. The first kappa shape index (κ1) is 18.6. The zero-order valence-electron chi connectivity index (χ0n) is 14.9. The summed E-state index contributed by atoms with van der Waals surface area (Å²) in [6.45, 7) is 1.61. The monoisotopic (exact) mass is 457 g/mol. The zero-order valence-corrected chi connectivity index (χ0v) is 17.3. The number of nitrogens with zero attached hydrogens (tertiary/aromatic N) is 2. The highest BCUT2D eigenvalue weighted by atomic mass is 79.9. The number of halogens is 1. The van der Waals surface area contributed by atoms with Crippen molar-refractivity contribution in [2.75, 3.05) is 16.8 Å². The molecule has 1 aliphatic rings. The molecule has 4 rings (SSSR count). The van der Waals surface area contributed by atoms with Gasteiger partial charge in [0.05, 0.1) is 16.9 Å². The molecule has 0 fully saturated rings. The van der Waals surface area contributed by atoms with Gasteiger partial charge in [0.15, 0.2) is 6.61 Å². The molecule has 8 heteroatoms. The highest BCUT2D eigenvalue weighted by Crippen LogP contribution is 2.37. The summed E-state index contributed by atoms with van der Waals surface area (Å²) in [5, 5.41) is 4.79. The summed E-state index contributed by atoms with van der Waals surface area (Å²) in [5.74, 6) is 0.0332. The number of rotatable bonds is 4. The van der Waals surface area contributed by atoms with Crippen molar-refractivity contribution in [1.29, 1.82) is 0 Å². The van der Waals surface area contributed by atoms with Crippen molar-refractivity contribution < 1.29 is 14.3 Å². The van der Waals surface area contributed by atoms with E-state index in [9.17, 15) is 9.59 Å². The Morgan fingerprint density at radius 3 is 2.79 bits per heavy atom. The first-order chi connectivity index (χ1) is 13.5. The molecule has 2 heterocycles. The van der Waals surface area contributed by atoms with Crippen LogP contribution in [0.25, 0.3) is 11.3 Å². The Kier molecular flexibility index (Phi) is 5.15. The van der Waals surface area contributed by atoms with Gasteiger partial charge in [0.25, 0.3) is 5.91 Å².